The first kappa shape index (κ1) is 12.6. The minimum absolute atomic E-state index is 0.463. The number of hydrogen-bond donors (Lipinski definition) is 1. The first-order chi connectivity index (χ1) is 8.27. The van der Waals surface area contributed by atoms with Crippen LogP contribution in [0.2, 0.25) is 0 Å². The van der Waals surface area contributed by atoms with Gasteiger partial charge >= 0.3 is 0 Å². The third-order valence-corrected chi connectivity index (χ3v) is 4.27. The molecule has 17 heavy (non-hydrogen) atoms. The number of aromatic nitrogens is 1. The fraction of sp³-hybridized carbons (Fsp3) is 0.154. The Morgan fingerprint density at radius 2 is 1.94 bits per heavy atom. The lowest BCUT2D eigenvalue weighted by Crippen LogP contribution is -2.00. The van der Waals surface area contributed by atoms with Crippen LogP contribution in [0, 0.1) is 0 Å². The highest BCUT2D eigenvalue weighted by Crippen LogP contribution is 2.28. The summed E-state index contributed by atoms with van der Waals surface area (Å²) >= 11 is 4.98. The molecule has 1 aromatic carbocycles. The third kappa shape index (κ3) is 3.56. The topological polar surface area (TPSA) is 33.1 Å². The SMILES string of the molecule is OC(CSc1ncccc1Br)c1ccccc1. The number of nitrogens with zero attached hydrogens (tertiary/aromatic N) is 1. The van der Waals surface area contributed by atoms with Crippen LogP contribution in [0.4, 0.5) is 0 Å². The number of aliphatic hydroxyl groups excluding tert-OH is 1. The van der Waals surface area contributed by atoms with E-state index in [4.69, 9.17) is 0 Å². The maximum Gasteiger partial charge on any atom is 0.110 e. The summed E-state index contributed by atoms with van der Waals surface area (Å²) in [5.74, 6) is 0.597. The Balaban J connectivity index is 1.97. The van der Waals surface area contributed by atoms with E-state index in [1.807, 2.05) is 42.5 Å². The van der Waals surface area contributed by atoms with Crippen LogP contribution in [0.1, 0.15) is 11.7 Å². The van der Waals surface area contributed by atoms with Crippen molar-refractivity contribution in [3.8, 4) is 0 Å². The van der Waals surface area contributed by atoms with Crippen LogP contribution >= 0.6 is 27.7 Å². The molecule has 0 radical (unpaired) electrons. The molecule has 1 heterocycles. The molecule has 0 fully saturated rings. The molecule has 1 aromatic heterocycles. The zero-order chi connectivity index (χ0) is 12.1. The summed E-state index contributed by atoms with van der Waals surface area (Å²) in [4.78, 5) is 4.25. The van der Waals surface area contributed by atoms with E-state index in [0.29, 0.717) is 5.75 Å². The fourth-order valence-electron chi connectivity index (χ4n) is 1.41. The monoisotopic (exact) mass is 309 g/mol. The molecule has 4 heteroatoms. The Morgan fingerprint density at radius 3 is 2.65 bits per heavy atom. The molecule has 0 spiro atoms. The average Bonchev–Trinajstić information content (AvgIpc) is 2.38. The normalized spacial score (nSPS) is 12.4. The van der Waals surface area contributed by atoms with Crippen molar-refractivity contribution in [2.45, 2.75) is 11.1 Å². The molecule has 0 saturated carbocycles. The van der Waals surface area contributed by atoms with Crippen molar-refractivity contribution in [1.82, 2.24) is 4.98 Å². The Kier molecular flexibility index (Phi) is 4.59. The second-order valence-electron chi connectivity index (χ2n) is 3.53. The van der Waals surface area contributed by atoms with Gasteiger partial charge in [-0.1, -0.05) is 30.3 Å². The highest BCUT2D eigenvalue weighted by atomic mass is 79.9. The summed E-state index contributed by atoms with van der Waals surface area (Å²) in [6.45, 7) is 0. The predicted octanol–water partition coefficient (Wildman–Crippen LogP) is 3.67. The van der Waals surface area contributed by atoms with E-state index >= 15 is 0 Å². The highest BCUT2D eigenvalue weighted by Gasteiger charge is 2.09. The molecule has 1 unspecified atom stereocenters. The van der Waals surface area contributed by atoms with E-state index in [1.165, 1.54) is 0 Å². The lowest BCUT2D eigenvalue weighted by molar-refractivity contribution is 0.204. The van der Waals surface area contributed by atoms with Gasteiger partial charge in [0.25, 0.3) is 0 Å². The molecule has 1 atom stereocenters. The maximum absolute atomic E-state index is 10.0. The Morgan fingerprint density at radius 1 is 1.18 bits per heavy atom. The van der Waals surface area contributed by atoms with Crippen LogP contribution < -0.4 is 0 Å². The van der Waals surface area contributed by atoms with Gasteiger partial charge in [-0.3, -0.25) is 0 Å². The number of halogens is 1. The largest absolute Gasteiger partial charge is 0.388 e. The van der Waals surface area contributed by atoms with E-state index in [-0.39, 0.29) is 0 Å². The molecule has 0 bridgehead atoms. The lowest BCUT2D eigenvalue weighted by atomic mass is 10.1. The molecule has 0 aliphatic carbocycles. The van der Waals surface area contributed by atoms with Crippen molar-refractivity contribution < 1.29 is 5.11 Å². The molecule has 0 amide bonds. The van der Waals surface area contributed by atoms with Crippen molar-refractivity contribution in [1.29, 1.82) is 0 Å². The van der Waals surface area contributed by atoms with Crippen molar-refractivity contribution >= 4 is 27.7 Å². The van der Waals surface area contributed by atoms with Gasteiger partial charge in [0.15, 0.2) is 0 Å². The smallest absolute Gasteiger partial charge is 0.110 e. The summed E-state index contributed by atoms with van der Waals surface area (Å²) in [5.41, 5.74) is 0.937. The summed E-state index contributed by atoms with van der Waals surface area (Å²) in [7, 11) is 0. The van der Waals surface area contributed by atoms with E-state index in [1.54, 1.807) is 18.0 Å². The number of hydrogen-bond acceptors (Lipinski definition) is 3. The number of aliphatic hydroxyl groups is 1. The number of benzene rings is 1. The van der Waals surface area contributed by atoms with Gasteiger partial charge in [0.05, 0.1) is 6.10 Å². The van der Waals surface area contributed by atoms with Gasteiger partial charge in [-0.15, -0.1) is 11.8 Å². The first-order valence-corrected chi connectivity index (χ1v) is 7.01. The molecule has 2 nitrogen and oxygen atoms in total. The van der Waals surface area contributed by atoms with Gasteiger partial charge in [0.1, 0.15) is 5.03 Å². The quantitative estimate of drug-likeness (QED) is 0.875. The zero-order valence-corrected chi connectivity index (χ0v) is 11.5. The van der Waals surface area contributed by atoms with Crippen LogP contribution in [-0.2, 0) is 0 Å². The van der Waals surface area contributed by atoms with Gasteiger partial charge in [-0.2, -0.15) is 0 Å². The highest BCUT2D eigenvalue weighted by molar-refractivity contribution is 9.10. The summed E-state index contributed by atoms with van der Waals surface area (Å²) in [6.07, 6.45) is 1.29. The van der Waals surface area contributed by atoms with E-state index in [2.05, 4.69) is 20.9 Å². The fourth-order valence-corrected chi connectivity index (χ4v) is 2.85. The van der Waals surface area contributed by atoms with Crippen molar-refractivity contribution in [3.63, 3.8) is 0 Å². The third-order valence-electron chi connectivity index (χ3n) is 2.29. The minimum atomic E-state index is -0.463. The number of thioether (sulfide) groups is 1. The summed E-state index contributed by atoms with van der Waals surface area (Å²) in [5, 5.41) is 10.9. The van der Waals surface area contributed by atoms with E-state index in [9.17, 15) is 5.11 Å². The first-order valence-electron chi connectivity index (χ1n) is 5.23. The van der Waals surface area contributed by atoms with Crippen molar-refractivity contribution in [3.05, 3.63) is 58.7 Å². The van der Waals surface area contributed by atoms with Gasteiger partial charge in [-0.05, 0) is 33.6 Å². The Hall–Kier alpha value is -0.840. The van der Waals surface area contributed by atoms with Gasteiger partial charge in [0, 0.05) is 16.4 Å². The van der Waals surface area contributed by atoms with Crippen molar-refractivity contribution in [2.24, 2.45) is 0 Å². The van der Waals surface area contributed by atoms with Crippen LogP contribution in [0.5, 0.6) is 0 Å². The summed E-state index contributed by atoms with van der Waals surface area (Å²) in [6, 6.07) is 13.5. The van der Waals surface area contributed by atoms with Crippen LogP contribution in [0.25, 0.3) is 0 Å². The Labute approximate surface area is 113 Å². The van der Waals surface area contributed by atoms with E-state index in [0.717, 1.165) is 15.1 Å². The second-order valence-corrected chi connectivity index (χ2v) is 5.39. The average molecular weight is 310 g/mol. The molecule has 88 valence electrons. The molecular weight excluding hydrogens is 298 g/mol. The lowest BCUT2D eigenvalue weighted by Gasteiger charge is -2.10. The molecular formula is C13H12BrNOS. The molecule has 0 aliphatic rings. The van der Waals surface area contributed by atoms with Gasteiger partial charge in [0.2, 0.25) is 0 Å². The minimum Gasteiger partial charge on any atom is -0.388 e. The maximum atomic E-state index is 10.0. The van der Waals surface area contributed by atoms with Gasteiger partial charge in [-0.25, -0.2) is 4.98 Å². The van der Waals surface area contributed by atoms with Crippen LogP contribution in [0.15, 0.2) is 58.2 Å². The van der Waals surface area contributed by atoms with E-state index < -0.39 is 6.10 Å². The number of pyridine rings is 1. The van der Waals surface area contributed by atoms with Crippen molar-refractivity contribution in [2.75, 3.05) is 5.75 Å². The molecule has 2 aromatic rings. The molecule has 2 rings (SSSR count). The second kappa shape index (κ2) is 6.19. The Bertz CT molecular complexity index is 478. The molecule has 0 saturated heterocycles. The standard InChI is InChI=1S/C13H12BrNOS/c14-11-7-4-8-15-13(11)17-9-12(16)10-5-2-1-3-6-10/h1-8,12,16H,9H2. The summed E-state index contributed by atoms with van der Waals surface area (Å²) < 4.78 is 0.963. The zero-order valence-electron chi connectivity index (χ0n) is 9.08. The predicted molar refractivity (Wildman–Crippen MR) is 74.1 cm³/mol. The number of rotatable bonds is 4. The molecule has 1 N–H and O–H groups in total. The van der Waals surface area contributed by atoms with Gasteiger partial charge < -0.3 is 5.11 Å². The van der Waals surface area contributed by atoms with Crippen LogP contribution in [-0.4, -0.2) is 15.8 Å². The van der Waals surface area contributed by atoms with Crippen LogP contribution in [0.3, 0.4) is 0 Å². The molecule has 0 aliphatic heterocycles.